The van der Waals surface area contributed by atoms with Crippen molar-refractivity contribution in [2.24, 2.45) is 0 Å². The van der Waals surface area contributed by atoms with E-state index in [1.165, 1.54) is 12.1 Å². The monoisotopic (exact) mass is 412 g/mol. The first-order valence-corrected chi connectivity index (χ1v) is 9.34. The molecular weight excluding hydrogens is 395 g/mol. The van der Waals surface area contributed by atoms with Crippen LogP contribution in [0.25, 0.3) is 0 Å². The Hall–Kier alpha value is -2.82. The van der Waals surface area contributed by atoms with Crippen LogP contribution in [0.15, 0.2) is 60.7 Å². The summed E-state index contributed by atoms with van der Waals surface area (Å²) in [6.45, 7) is 3.89. The lowest BCUT2D eigenvalue weighted by Crippen LogP contribution is -2.14. The Balaban J connectivity index is 1.76. The van der Waals surface area contributed by atoms with Gasteiger partial charge in [0, 0.05) is 11.1 Å². The van der Waals surface area contributed by atoms with E-state index in [4.69, 9.17) is 23.2 Å². The Labute approximate surface area is 173 Å². The van der Waals surface area contributed by atoms with Gasteiger partial charge in [0.05, 0.1) is 21.4 Å². The maximum Gasteiger partial charge on any atom is 0.255 e. The number of hydrogen-bond acceptors (Lipinski definition) is 2. The van der Waals surface area contributed by atoms with Gasteiger partial charge < -0.3 is 10.6 Å². The van der Waals surface area contributed by atoms with E-state index < -0.39 is 0 Å². The highest BCUT2D eigenvalue weighted by Gasteiger charge is 2.14. The van der Waals surface area contributed by atoms with Crippen LogP contribution in [0.4, 0.5) is 11.4 Å². The summed E-state index contributed by atoms with van der Waals surface area (Å²) in [6, 6.07) is 17.4. The lowest BCUT2D eigenvalue weighted by Gasteiger charge is -2.12. The second-order valence-corrected chi connectivity index (χ2v) is 7.27. The molecule has 0 saturated carbocycles. The maximum absolute atomic E-state index is 12.4. The van der Waals surface area contributed by atoms with Crippen molar-refractivity contribution < 1.29 is 9.59 Å². The number of carbonyl (C=O) groups is 2. The fraction of sp³-hybridized carbons (Fsp3) is 0.0909. The fourth-order valence-electron chi connectivity index (χ4n) is 2.54. The minimum Gasteiger partial charge on any atom is -0.321 e. The second kappa shape index (κ2) is 8.46. The SMILES string of the molecule is Cc1ccc(C(=O)Nc2cc(Cl)c(NC(=O)c3ccc(C)cc3)cc2Cl)cc1. The van der Waals surface area contributed by atoms with Crippen LogP contribution in [0.2, 0.25) is 10.0 Å². The van der Waals surface area contributed by atoms with Gasteiger partial charge >= 0.3 is 0 Å². The summed E-state index contributed by atoms with van der Waals surface area (Å²) >= 11 is 12.6. The molecule has 0 aliphatic carbocycles. The molecule has 0 atom stereocenters. The van der Waals surface area contributed by atoms with E-state index in [1.807, 2.05) is 38.1 Å². The summed E-state index contributed by atoms with van der Waals surface area (Å²) < 4.78 is 0. The highest BCUT2D eigenvalue weighted by Crippen LogP contribution is 2.33. The number of benzene rings is 3. The predicted octanol–water partition coefficient (Wildman–Crippen LogP) is 6.11. The third kappa shape index (κ3) is 4.71. The lowest BCUT2D eigenvalue weighted by molar-refractivity contribution is 0.101. The van der Waals surface area contributed by atoms with Gasteiger partial charge in [0.1, 0.15) is 0 Å². The topological polar surface area (TPSA) is 58.2 Å². The quantitative estimate of drug-likeness (QED) is 0.542. The molecule has 28 heavy (non-hydrogen) atoms. The van der Waals surface area contributed by atoms with Crippen molar-refractivity contribution in [2.75, 3.05) is 10.6 Å². The van der Waals surface area contributed by atoms with Gasteiger partial charge in [-0.3, -0.25) is 9.59 Å². The van der Waals surface area contributed by atoms with Crippen molar-refractivity contribution in [1.82, 2.24) is 0 Å². The van der Waals surface area contributed by atoms with Gasteiger partial charge in [0.2, 0.25) is 0 Å². The average molecular weight is 413 g/mol. The molecule has 3 rings (SSSR count). The zero-order valence-corrected chi connectivity index (χ0v) is 16.9. The van der Waals surface area contributed by atoms with Crippen molar-refractivity contribution in [2.45, 2.75) is 13.8 Å². The molecule has 0 radical (unpaired) electrons. The average Bonchev–Trinajstić information content (AvgIpc) is 2.66. The van der Waals surface area contributed by atoms with Crippen molar-refractivity contribution in [3.63, 3.8) is 0 Å². The minimum atomic E-state index is -0.297. The fourth-order valence-corrected chi connectivity index (χ4v) is 2.96. The zero-order valence-electron chi connectivity index (χ0n) is 15.3. The molecule has 6 heteroatoms. The highest BCUT2D eigenvalue weighted by molar-refractivity contribution is 6.38. The van der Waals surface area contributed by atoms with Crippen LogP contribution in [0.1, 0.15) is 31.8 Å². The first-order valence-electron chi connectivity index (χ1n) is 8.58. The normalized spacial score (nSPS) is 10.4. The van der Waals surface area contributed by atoms with Crippen LogP contribution in [0, 0.1) is 13.8 Å². The van der Waals surface area contributed by atoms with Crippen LogP contribution in [-0.4, -0.2) is 11.8 Å². The number of nitrogens with one attached hydrogen (secondary N) is 2. The Morgan fingerprint density at radius 2 is 0.964 bits per heavy atom. The van der Waals surface area contributed by atoms with Crippen molar-refractivity contribution >= 4 is 46.4 Å². The number of carbonyl (C=O) groups excluding carboxylic acids is 2. The number of aryl methyl sites for hydroxylation is 2. The standard InChI is InChI=1S/C22H18Cl2N2O2/c1-13-3-7-15(8-4-13)21(27)25-19-11-18(24)20(12-17(19)23)26-22(28)16-9-5-14(2)6-10-16/h3-12H,1-2H3,(H,25,27)(H,26,28). The van der Waals surface area contributed by atoms with E-state index in [1.54, 1.807) is 24.3 Å². The summed E-state index contributed by atoms with van der Waals surface area (Å²) in [4.78, 5) is 24.8. The molecule has 0 spiro atoms. The van der Waals surface area contributed by atoms with Gasteiger partial charge in [-0.05, 0) is 50.2 Å². The molecular formula is C22H18Cl2N2O2. The van der Waals surface area contributed by atoms with Crippen LogP contribution in [0.3, 0.4) is 0 Å². The molecule has 0 aliphatic heterocycles. The third-order valence-electron chi connectivity index (χ3n) is 4.18. The molecule has 0 fully saturated rings. The number of hydrogen-bond donors (Lipinski definition) is 2. The third-order valence-corrected chi connectivity index (χ3v) is 4.81. The summed E-state index contributed by atoms with van der Waals surface area (Å²) in [5.41, 5.74) is 3.87. The van der Waals surface area contributed by atoms with Crippen molar-refractivity contribution in [3.8, 4) is 0 Å². The summed E-state index contributed by atoms with van der Waals surface area (Å²) in [6.07, 6.45) is 0. The van der Waals surface area contributed by atoms with Crippen LogP contribution in [0.5, 0.6) is 0 Å². The molecule has 0 heterocycles. The molecule has 3 aromatic rings. The summed E-state index contributed by atoms with van der Waals surface area (Å²) in [7, 11) is 0. The number of halogens is 2. The molecule has 0 unspecified atom stereocenters. The van der Waals surface area contributed by atoms with Crippen molar-refractivity contribution in [3.05, 3.63) is 93.0 Å². The van der Waals surface area contributed by atoms with Gasteiger partial charge in [-0.1, -0.05) is 58.6 Å². The van der Waals surface area contributed by atoms with Crippen LogP contribution < -0.4 is 10.6 Å². The highest BCUT2D eigenvalue weighted by atomic mass is 35.5. The minimum absolute atomic E-state index is 0.268. The Bertz CT molecular complexity index is 944. The van der Waals surface area contributed by atoms with Crippen LogP contribution in [-0.2, 0) is 0 Å². The molecule has 2 N–H and O–H groups in total. The first kappa shape index (κ1) is 19.9. The maximum atomic E-state index is 12.4. The Kier molecular flexibility index (Phi) is 6.02. The van der Waals surface area contributed by atoms with Crippen LogP contribution >= 0.6 is 23.2 Å². The zero-order chi connectivity index (χ0) is 20.3. The molecule has 0 saturated heterocycles. The van der Waals surface area contributed by atoms with Gasteiger partial charge in [0.15, 0.2) is 0 Å². The largest absolute Gasteiger partial charge is 0.321 e. The second-order valence-electron chi connectivity index (χ2n) is 6.45. The number of amides is 2. The molecule has 0 aromatic heterocycles. The number of anilines is 2. The first-order chi connectivity index (χ1) is 13.3. The Morgan fingerprint density at radius 1 is 0.643 bits per heavy atom. The van der Waals surface area contributed by atoms with Gasteiger partial charge in [-0.15, -0.1) is 0 Å². The molecule has 0 bridgehead atoms. The predicted molar refractivity (Wildman–Crippen MR) is 115 cm³/mol. The summed E-state index contributed by atoms with van der Waals surface area (Å²) in [5, 5.41) is 6.01. The molecule has 0 aliphatic rings. The molecule has 142 valence electrons. The van der Waals surface area contributed by atoms with Crippen molar-refractivity contribution in [1.29, 1.82) is 0 Å². The molecule has 2 amide bonds. The number of rotatable bonds is 4. The van der Waals surface area contributed by atoms with Gasteiger partial charge in [-0.2, -0.15) is 0 Å². The Morgan fingerprint density at radius 3 is 1.29 bits per heavy atom. The smallest absolute Gasteiger partial charge is 0.255 e. The molecule has 3 aromatic carbocycles. The van der Waals surface area contributed by atoms with E-state index in [-0.39, 0.29) is 21.9 Å². The van der Waals surface area contributed by atoms with E-state index in [2.05, 4.69) is 10.6 Å². The van der Waals surface area contributed by atoms with E-state index in [0.717, 1.165) is 11.1 Å². The van der Waals surface area contributed by atoms with Gasteiger partial charge in [-0.25, -0.2) is 0 Å². The molecule has 4 nitrogen and oxygen atoms in total. The van der Waals surface area contributed by atoms with E-state index in [9.17, 15) is 9.59 Å². The van der Waals surface area contributed by atoms with E-state index >= 15 is 0 Å². The van der Waals surface area contributed by atoms with Gasteiger partial charge in [0.25, 0.3) is 11.8 Å². The van der Waals surface area contributed by atoms with E-state index in [0.29, 0.717) is 22.5 Å². The lowest BCUT2D eigenvalue weighted by atomic mass is 10.1. The summed E-state index contributed by atoms with van der Waals surface area (Å²) in [5.74, 6) is -0.594.